The zero-order chi connectivity index (χ0) is 13.1. The number of aliphatic hydroxyl groups excluding tert-OH is 1. The van der Waals surface area contributed by atoms with E-state index >= 15 is 0 Å². The van der Waals surface area contributed by atoms with E-state index in [0.29, 0.717) is 0 Å². The van der Waals surface area contributed by atoms with Gasteiger partial charge in [0.25, 0.3) is 0 Å². The number of aliphatic hydroxyl groups is 1. The van der Waals surface area contributed by atoms with Gasteiger partial charge in [-0.05, 0) is 46.7 Å². The maximum Gasteiger partial charge on any atom is 0.0558 e. The van der Waals surface area contributed by atoms with Crippen molar-refractivity contribution < 1.29 is 5.11 Å². The van der Waals surface area contributed by atoms with Gasteiger partial charge >= 0.3 is 0 Å². The van der Waals surface area contributed by atoms with Crippen molar-refractivity contribution in [1.82, 2.24) is 10.2 Å². The fraction of sp³-hybridized carbons (Fsp3) is 0.857. The van der Waals surface area contributed by atoms with E-state index in [1.165, 1.54) is 19.3 Å². The summed E-state index contributed by atoms with van der Waals surface area (Å²) in [6.45, 7) is 14.3. The minimum Gasteiger partial charge on any atom is -0.395 e. The van der Waals surface area contributed by atoms with E-state index < -0.39 is 0 Å². The molecule has 0 aliphatic carbocycles. The van der Waals surface area contributed by atoms with Gasteiger partial charge in [-0.15, -0.1) is 6.58 Å². The van der Waals surface area contributed by atoms with E-state index in [1.807, 2.05) is 6.08 Å². The molecule has 0 saturated heterocycles. The first-order valence-electron chi connectivity index (χ1n) is 6.68. The number of nitrogens with one attached hydrogen (secondary N) is 1. The van der Waals surface area contributed by atoms with Gasteiger partial charge in [0, 0.05) is 18.6 Å². The van der Waals surface area contributed by atoms with E-state index in [-0.39, 0.29) is 12.1 Å². The molecule has 0 rings (SSSR count). The molecule has 0 aromatic rings. The van der Waals surface area contributed by atoms with Crippen LogP contribution in [0.5, 0.6) is 0 Å². The zero-order valence-electron chi connectivity index (χ0n) is 11.8. The highest BCUT2D eigenvalue weighted by Gasteiger charge is 2.07. The van der Waals surface area contributed by atoms with Gasteiger partial charge in [-0.25, -0.2) is 0 Å². The van der Waals surface area contributed by atoms with Crippen LogP contribution in [0.3, 0.4) is 0 Å². The molecule has 0 unspecified atom stereocenters. The second-order valence-electron chi connectivity index (χ2n) is 5.55. The van der Waals surface area contributed by atoms with Crippen LogP contribution in [0.1, 0.15) is 40.0 Å². The predicted octanol–water partition coefficient (Wildman–Crippen LogP) is 2.03. The highest BCUT2D eigenvalue weighted by molar-refractivity contribution is 4.73. The van der Waals surface area contributed by atoms with Crippen LogP contribution in [0.4, 0.5) is 0 Å². The van der Waals surface area contributed by atoms with Crippen molar-refractivity contribution in [2.45, 2.75) is 45.6 Å². The van der Waals surface area contributed by atoms with Gasteiger partial charge in [-0.2, -0.15) is 0 Å². The third kappa shape index (κ3) is 11.9. The van der Waals surface area contributed by atoms with Crippen molar-refractivity contribution in [2.24, 2.45) is 0 Å². The molecule has 0 amide bonds. The summed E-state index contributed by atoms with van der Waals surface area (Å²) >= 11 is 0. The molecule has 2 N–H and O–H groups in total. The first-order chi connectivity index (χ1) is 7.99. The third-order valence-corrected chi connectivity index (χ3v) is 2.61. The monoisotopic (exact) mass is 242 g/mol. The van der Waals surface area contributed by atoms with Crippen LogP contribution in [-0.2, 0) is 0 Å². The maximum absolute atomic E-state index is 8.91. The summed E-state index contributed by atoms with van der Waals surface area (Å²) in [4.78, 5) is 2.24. The fourth-order valence-corrected chi connectivity index (χ4v) is 1.72. The molecule has 3 heteroatoms. The molecule has 0 aromatic heterocycles. The van der Waals surface area contributed by atoms with Gasteiger partial charge in [0.1, 0.15) is 0 Å². The smallest absolute Gasteiger partial charge is 0.0558 e. The Balaban J connectivity index is 3.44. The lowest BCUT2D eigenvalue weighted by molar-refractivity contribution is 0.205. The third-order valence-electron chi connectivity index (χ3n) is 2.61. The second-order valence-corrected chi connectivity index (χ2v) is 5.55. The van der Waals surface area contributed by atoms with Gasteiger partial charge in [0.2, 0.25) is 0 Å². The van der Waals surface area contributed by atoms with Gasteiger partial charge in [-0.3, -0.25) is 4.90 Å². The lowest BCUT2D eigenvalue weighted by Crippen LogP contribution is -2.36. The zero-order valence-corrected chi connectivity index (χ0v) is 11.8. The molecule has 0 bridgehead atoms. The van der Waals surface area contributed by atoms with Crippen LogP contribution in [0, 0.1) is 0 Å². The first-order valence-corrected chi connectivity index (χ1v) is 6.68. The molecule has 0 radical (unpaired) electrons. The Hall–Kier alpha value is -0.380. The maximum atomic E-state index is 8.91. The van der Waals surface area contributed by atoms with Gasteiger partial charge in [-0.1, -0.05) is 12.5 Å². The average molecular weight is 242 g/mol. The van der Waals surface area contributed by atoms with Crippen LogP contribution < -0.4 is 5.32 Å². The van der Waals surface area contributed by atoms with Crippen molar-refractivity contribution in [3.63, 3.8) is 0 Å². The highest BCUT2D eigenvalue weighted by Crippen LogP contribution is 2.02. The topological polar surface area (TPSA) is 35.5 Å². The van der Waals surface area contributed by atoms with E-state index in [2.05, 4.69) is 37.6 Å². The molecule has 0 saturated carbocycles. The number of nitrogens with zero attached hydrogens (tertiary/aromatic N) is 1. The molecule has 0 aliphatic heterocycles. The Morgan fingerprint density at radius 1 is 1.18 bits per heavy atom. The van der Waals surface area contributed by atoms with Crippen LogP contribution in [0.15, 0.2) is 12.7 Å². The minimum atomic E-state index is 0.228. The molecule has 3 nitrogen and oxygen atoms in total. The van der Waals surface area contributed by atoms with Crippen molar-refractivity contribution in [2.75, 3.05) is 32.8 Å². The van der Waals surface area contributed by atoms with Crippen LogP contribution in [-0.4, -0.2) is 48.3 Å². The molecule has 102 valence electrons. The van der Waals surface area contributed by atoms with Crippen molar-refractivity contribution in [1.29, 1.82) is 0 Å². The summed E-state index contributed by atoms with van der Waals surface area (Å²) in [5.74, 6) is 0. The van der Waals surface area contributed by atoms with Gasteiger partial charge in [0.15, 0.2) is 0 Å². The summed E-state index contributed by atoms with van der Waals surface area (Å²) in [5.41, 5.74) is 0.228. The van der Waals surface area contributed by atoms with Crippen LogP contribution in [0.25, 0.3) is 0 Å². The van der Waals surface area contributed by atoms with E-state index in [4.69, 9.17) is 5.11 Å². The van der Waals surface area contributed by atoms with Gasteiger partial charge in [0.05, 0.1) is 6.61 Å². The summed E-state index contributed by atoms with van der Waals surface area (Å²) < 4.78 is 0. The molecule has 0 aromatic carbocycles. The number of rotatable bonds is 10. The van der Waals surface area contributed by atoms with E-state index in [1.54, 1.807) is 0 Å². The van der Waals surface area contributed by atoms with Crippen molar-refractivity contribution >= 4 is 0 Å². The number of hydrogen-bond acceptors (Lipinski definition) is 3. The number of hydrogen-bond donors (Lipinski definition) is 2. The van der Waals surface area contributed by atoms with Gasteiger partial charge < -0.3 is 10.4 Å². The van der Waals surface area contributed by atoms with Crippen molar-refractivity contribution in [3.05, 3.63) is 12.7 Å². The van der Waals surface area contributed by atoms with E-state index in [0.717, 1.165) is 26.2 Å². The summed E-state index contributed by atoms with van der Waals surface area (Å²) in [6.07, 6.45) is 5.55. The lowest BCUT2D eigenvalue weighted by Gasteiger charge is -2.21. The molecular formula is C14H30N2O. The fourth-order valence-electron chi connectivity index (χ4n) is 1.72. The Kier molecular flexibility index (Phi) is 9.41. The predicted molar refractivity (Wildman–Crippen MR) is 75.3 cm³/mol. The Labute approximate surface area is 107 Å². The SMILES string of the molecule is C=CCN(CCO)CCCCCNC(C)(C)C. The summed E-state index contributed by atoms with van der Waals surface area (Å²) in [5, 5.41) is 12.4. The quantitative estimate of drug-likeness (QED) is 0.454. The number of unbranched alkanes of at least 4 members (excludes halogenated alkanes) is 2. The summed E-state index contributed by atoms with van der Waals surface area (Å²) in [6, 6.07) is 0. The highest BCUT2D eigenvalue weighted by atomic mass is 16.3. The second kappa shape index (κ2) is 9.63. The molecule has 0 spiro atoms. The Morgan fingerprint density at radius 2 is 1.88 bits per heavy atom. The Morgan fingerprint density at radius 3 is 2.41 bits per heavy atom. The van der Waals surface area contributed by atoms with Crippen LogP contribution >= 0.6 is 0 Å². The molecule has 17 heavy (non-hydrogen) atoms. The van der Waals surface area contributed by atoms with Crippen molar-refractivity contribution in [3.8, 4) is 0 Å². The minimum absolute atomic E-state index is 0.228. The lowest BCUT2D eigenvalue weighted by atomic mass is 10.1. The molecular weight excluding hydrogens is 212 g/mol. The molecule has 0 fully saturated rings. The first kappa shape index (κ1) is 16.6. The molecule has 0 aliphatic rings. The standard InChI is InChI=1S/C14H30N2O/c1-5-10-16(12-13-17)11-8-6-7-9-15-14(2,3)4/h5,15,17H,1,6-13H2,2-4H3. The largest absolute Gasteiger partial charge is 0.395 e. The van der Waals surface area contributed by atoms with E-state index in [9.17, 15) is 0 Å². The molecule has 0 atom stereocenters. The normalized spacial score (nSPS) is 12.1. The summed E-state index contributed by atoms with van der Waals surface area (Å²) in [7, 11) is 0. The van der Waals surface area contributed by atoms with Crippen LogP contribution in [0.2, 0.25) is 0 Å². The Bertz CT molecular complexity index is 187. The molecule has 0 heterocycles. The average Bonchev–Trinajstić information content (AvgIpc) is 2.22.